The fraction of sp³-hybridized carbons (Fsp3) is 0.0769. The van der Waals surface area contributed by atoms with Crippen LogP contribution in [0.2, 0.25) is 5.02 Å². The van der Waals surface area contributed by atoms with Gasteiger partial charge in [0, 0.05) is 10.8 Å². The highest BCUT2D eigenvalue weighted by molar-refractivity contribution is 7.98. The van der Waals surface area contributed by atoms with Gasteiger partial charge in [-0.05, 0) is 23.8 Å². The van der Waals surface area contributed by atoms with Crippen LogP contribution in [0.4, 0.5) is 5.69 Å². The molecule has 4 nitrogen and oxygen atoms in total. The Morgan fingerprint density at radius 1 is 1.37 bits per heavy atom. The summed E-state index contributed by atoms with van der Waals surface area (Å²) in [5.74, 6) is -0.360. The molecule has 2 aromatic rings. The largest absolute Gasteiger partial charge is 0.478 e. The van der Waals surface area contributed by atoms with E-state index in [1.807, 2.05) is 24.3 Å². The maximum Gasteiger partial charge on any atom is 0.337 e. The molecule has 0 aliphatic rings. The molecule has 0 fully saturated rings. The highest BCUT2D eigenvalue weighted by atomic mass is 35.5. The van der Waals surface area contributed by atoms with E-state index in [0.29, 0.717) is 15.8 Å². The van der Waals surface area contributed by atoms with Gasteiger partial charge in [0.2, 0.25) is 0 Å². The number of nitrogens with two attached hydrogens (primary N) is 1. The van der Waals surface area contributed by atoms with Gasteiger partial charge in [0.05, 0.1) is 22.5 Å². The van der Waals surface area contributed by atoms with E-state index >= 15 is 0 Å². The summed E-state index contributed by atoms with van der Waals surface area (Å²) in [6.45, 7) is 0. The lowest BCUT2D eigenvalue weighted by atomic mass is 10.2. The first-order valence-electron chi connectivity index (χ1n) is 5.42. The Morgan fingerprint density at radius 2 is 2.05 bits per heavy atom. The molecule has 1 heterocycles. The number of aromatic nitrogens is 1. The predicted octanol–water partition coefficient (Wildman–Crippen LogP) is 3.31. The number of thioether (sulfide) groups is 1. The Morgan fingerprint density at radius 3 is 2.68 bits per heavy atom. The molecular formula is C13H11ClN2O2S. The lowest BCUT2D eigenvalue weighted by molar-refractivity contribution is 0.0697. The number of halogens is 1. The Balaban J connectivity index is 2.09. The third kappa shape index (κ3) is 3.62. The number of carboxylic acids is 1. The second kappa shape index (κ2) is 5.95. The summed E-state index contributed by atoms with van der Waals surface area (Å²) < 4.78 is 0. The molecule has 0 radical (unpaired) electrons. The van der Waals surface area contributed by atoms with Crippen LogP contribution in [0.3, 0.4) is 0 Å². The predicted molar refractivity (Wildman–Crippen MR) is 76.6 cm³/mol. The molecule has 19 heavy (non-hydrogen) atoms. The van der Waals surface area contributed by atoms with E-state index in [-0.39, 0.29) is 11.3 Å². The van der Waals surface area contributed by atoms with Crippen molar-refractivity contribution in [3.8, 4) is 0 Å². The molecule has 0 unspecified atom stereocenters. The Bertz CT molecular complexity index is 602. The molecule has 0 spiro atoms. The normalized spacial score (nSPS) is 10.4. The van der Waals surface area contributed by atoms with E-state index in [0.717, 1.165) is 5.56 Å². The van der Waals surface area contributed by atoms with Crippen LogP contribution in [0.1, 0.15) is 15.9 Å². The average Bonchev–Trinajstić information content (AvgIpc) is 2.39. The van der Waals surface area contributed by atoms with Gasteiger partial charge in [0.1, 0.15) is 0 Å². The SMILES string of the molecule is Nc1cnc(SCc2ccc(Cl)cc2)cc1C(=O)O. The molecule has 3 N–H and O–H groups in total. The van der Waals surface area contributed by atoms with E-state index in [1.165, 1.54) is 24.0 Å². The summed E-state index contributed by atoms with van der Waals surface area (Å²) in [6.07, 6.45) is 1.37. The zero-order chi connectivity index (χ0) is 13.8. The average molecular weight is 295 g/mol. The van der Waals surface area contributed by atoms with Gasteiger partial charge >= 0.3 is 5.97 Å². The molecule has 1 aromatic heterocycles. The number of carboxylic acid groups (broad SMARTS) is 1. The van der Waals surface area contributed by atoms with Crippen LogP contribution < -0.4 is 5.73 Å². The maximum atomic E-state index is 11.0. The zero-order valence-corrected chi connectivity index (χ0v) is 11.4. The summed E-state index contributed by atoms with van der Waals surface area (Å²) in [5, 5.41) is 10.3. The number of hydrogen-bond donors (Lipinski definition) is 2. The fourth-order valence-electron chi connectivity index (χ4n) is 1.45. The molecule has 0 saturated carbocycles. The number of nitrogens with zero attached hydrogens (tertiary/aromatic N) is 1. The van der Waals surface area contributed by atoms with Crippen molar-refractivity contribution in [2.45, 2.75) is 10.8 Å². The maximum absolute atomic E-state index is 11.0. The van der Waals surface area contributed by atoms with E-state index in [4.69, 9.17) is 22.4 Å². The van der Waals surface area contributed by atoms with Crippen LogP contribution >= 0.6 is 23.4 Å². The van der Waals surface area contributed by atoms with Crippen LogP contribution in [0, 0.1) is 0 Å². The van der Waals surface area contributed by atoms with E-state index in [9.17, 15) is 4.79 Å². The number of hydrogen-bond acceptors (Lipinski definition) is 4. The third-order valence-electron chi connectivity index (χ3n) is 2.44. The van der Waals surface area contributed by atoms with Crippen LogP contribution in [0.5, 0.6) is 0 Å². The van der Waals surface area contributed by atoms with Gasteiger partial charge < -0.3 is 10.8 Å². The lowest BCUT2D eigenvalue weighted by Gasteiger charge is -2.04. The Labute approximate surface area is 119 Å². The second-order valence-corrected chi connectivity index (χ2v) is 5.26. The molecule has 0 aliphatic carbocycles. The van der Waals surface area contributed by atoms with E-state index < -0.39 is 5.97 Å². The van der Waals surface area contributed by atoms with Crippen molar-refractivity contribution >= 4 is 35.0 Å². The third-order valence-corrected chi connectivity index (χ3v) is 3.69. The van der Waals surface area contributed by atoms with Gasteiger partial charge in [0.15, 0.2) is 0 Å². The summed E-state index contributed by atoms with van der Waals surface area (Å²) in [4.78, 5) is 15.1. The molecule has 6 heteroatoms. The monoisotopic (exact) mass is 294 g/mol. The van der Waals surface area contributed by atoms with Gasteiger partial charge in [-0.2, -0.15) is 0 Å². The molecule has 1 aromatic carbocycles. The molecule has 0 amide bonds. The Hall–Kier alpha value is -1.72. The topological polar surface area (TPSA) is 76.2 Å². The number of aromatic carboxylic acids is 1. The second-order valence-electron chi connectivity index (χ2n) is 3.83. The van der Waals surface area contributed by atoms with Crippen LogP contribution in [-0.4, -0.2) is 16.1 Å². The molecular weight excluding hydrogens is 284 g/mol. The van der Waals surface area contributed by atoms with Crippen molar-refractivity contribution < 1.29 is 9.90 Å². The summed E-state index contributed by atoms with van der Waals surface area (Å²) in [6, 6.07) is 8.96. The van der Waals surface area contributed by atoms with Crippen molar-refractivity contribution in [1.82, 2.24) is 4.98 Å². The van der Waals surface area contributed by atoms with Gasteiger partial charge in [-0.25, -0.2) is 9.78 Å². The van der Waals surface area contributed by atoms with Crippen molar-refractivity contribution in [3.63, 3.8) is 0 Å². The first-order chi connectivity index (χ1) is 9.06. The number of anilines is 1. The summed E-state index contributed by atoms with van der Waals surface area (Å²) in [7, 11) is 0. The number of nitrogen functional groups attached to an aromatic ring is 1. The smallest absolute Gasteiger partial charge is 0.337 e. The zero-order valence-electron chi connectivity index (χ0n) is 9.84. The van der Waals surface area contributed by atoms with Crippen LogP contribution in [0.25, 0.3) is 0 Å². The minimum atomic E-state index is -1.05. The Kier molecular flexibility index (Phi) is 4.29. The van der Waals surface area contributed by atoms with Gasteiger partial charge in [-0.3, -0.25) is 0 Å². The van der Waals surface area contributed by atoms with Crippen molar-refractivity contribution in [2.75, 3.05) is 5.73 Å². The number of rotatable bonds is 4. The first-order valence-corrected chi connectivity index (χ1v) is 6.78. The fourth-order valence-corrected chi connectivity index (χ4v) is 2.41. The van der Waals surface area contributed by atoms with Gasteiger partial charge in [-0.15, -0.1) is 11.8 Å². The standard InChI is InChI=1S/C13H11ClN2O2S/c14-9-3-1-8(2-4-9)7-19-12-5-10(13(17)18)11(15)6-16-12/h1-6H,7,15H2,(H,17,18). The number of pyridine rings is 1. The van der Waals surface area contributed by atoms with Crippen molar-refractivity contribution in [3.05, 3.63) is 52.7 Å². The minimum absolute atomic E-state index is 0.0774. The minimum Gasteiger partial charge on any atom is -0.478 e. The molecule has 2 rings (SSSR count). The molecule has 0 aliphatic heterocycles. The van der Waals surface area contributed by atoms with E-state index in [1.54, 1.807) is 0 Å². The summed E-state index contributed by atoms with van der Waals surface area (Å²) >= 11 is 7.25. The van der Waals surface area contributed by atoms with Crippen LogP contribution in [-0.2, 0) is 5.75 Å². The quantitative estimate of drug-likeness (QED) is 0.846. The van der Waals surface area contributed by atoms with Crippen molar-refractivity contribution in [2.24, 2.45) is 0 Å². The molecule has 0 atom stereocenters. The van der Waals surface area contributed by atoms with Crippen molar-refractivity contribution in [1.29, 1.82) is 0 Å². The molecule has 98 valence electrons. The van der Waals surface area contributed by atoms with Crippen LogP contribution in [0.15, 0.2) is 41.6 Å². The van der Waals surface area contributed by atoms with E-state index in [2.05, 4.69) is 4.98 Å². The van der Waals surface area contributed by atoms with Gasteiger partial charge in [0.25, 0.3) is 0 Å². The first kappa shape index (κ1) is 13.7. The molecule has 0 bridgehead atoms. The highest BCUT2D eigenvalue weighted by Crippen LogP contribution is 2.24. The molecule has 0 saturated heterocycles. The summed E-state index contributed by atoms with van der Waals surface area (Å²) in [5.41, 5.74) is 6.88. The lowest BCUT2D eigenvalue weighted by Crippen LogP contribution is -2.03. The van der Waals surface area contributed by atoms with Gasteiger partial charge in [-0.1, -0.05) is 23.7 Å². The number of benzene rings is 1. The highest BCUT2D eigenvalue weighted by Gasteiger charge is 2.10. The number of carbonyl (C=O) groups is 1.